The van der Waals surface area contributed by atoms with Gasteiger partial charge in [0.25, 0.3) is 0 Å². The van der Waals surface area contributed by atoms with Gasteiger partial charge >= 0.3 is 37.6 Å². The average molecular weight is 1070 g/mol. The molecule has 0 spiro atoms. The predicted molar refractivity (Wildman–Crippen MR) is 269 cm³/mol. The Kier molecular flexibility index (Phi) is 18.7. The molecule has 5 heterocycles. The van der Waals surface area contributed by atoms with Crippen LogP contribution in [-0.4, -0.2) is 66.5 Å². The first-order valence-corrected chi connectivity index (χ1v) is 22.3. The third-order valence-electron chi connectivity index (χ3n) is 10.6. The summed E-state index contributed by atoms with van der Waals surface area (Å²) in [6.07, 6.45) is 3.07. The van der Waals surface area contributed by atoms with E-state index in [1.165, 1.54) is 42.7 Å². The van der Waals surface area contributed by atoms with E-state index in [9.17, 15) is 33.0 Å². The predicted octanol–water partition coefficient (Wildman–Crippen LogP) is 13.3. The number of carboxylic acids is 2. The minimum Gasteiger partial charge on any atom is -0.753 e. The molecule has 0 fully saturated rings. The number of aromatic carboxylic acids is 2. The minimum atomic E-state index is -4.44. The van der Waals surface area contributed by atoms with Crippen LogP contribution in [-0.2, 0) is 19.5 Å². The molecule has 1 aliphatic heterocycles. The summed E-state index contributed by atoms with van der Waals surface area (Å²) in [7, 11) is 1.22. The van der Waals surface area contributed by atoms with Crippen molar-refractivity contribution in [3.05, 3.63) is 203 Å². The Bertz CT molecular complexity index is 2970. The van der Waals surface area contributed by atoms with Gasteiger partial charge in [-0.2, -0.15) is 18.3 Å². The number of hydrogen-bond acceptors (Lipinski definition) is 10. The van der Waals surface area contributed by atoms with Gasteiger partial charge in [0.2, 0.25) is 0 Å². The number of thiocarbonyl (C=S) groups is 1. The number of benzene rings is 3. The Hall–Kier alpha value is -7.20. The van der Waals surface area contributed by atoms with Crippen molar-refractivity contribution < 1.29 is 52.5 Å². The number of nitrogens with one attached hydrogen (secondary N) is 2. The number of alkyl halides is 3. The van der Waals surface area contributed by atoms with E-state index in [0.29, 0.717) is 11.4 Å². The van der Waals surface area contributed by atoms with Crippen molar-refractivity contribution in [3.63, 3.8) is 0 Å². The molecule has 356 valence electrons. The second-order valence-corrected chi connectivity index (χ2v) is 16.9. The Labute approximate surface area is 424 Å². The molecule has 7 aromatic rings. The van der Waals surface area contributed by atoms with Crippen LogP contribution in [0.1, 0.15) is 51.1 Å². The number of anilines is 3. The first kappa shape index (κ1) is 53.8. The number of thioether (sulfide) groups is 1. The number of nitrogens with zero attached hydrogens (tertiary/aromatic N) is 6. The summed E-state index contributed by atoms with van der Waals surface area (Å²) in [5.74, 6) is -2.26. The van der Waals surface area contributed by atoms with Crippen LogP contribution < -0.4 is 10.2 Å². The molecular formula is C52H43F3N8O4RuS2. The first-order chi connectivity index (χ1) is 33.0. The van der Waals surface area contributed by atoms with Gasteiger partial charge in [0.05, 0.1) is 33.9 Å². The molecule has 18 heteroatoms. The summed E-state index contributed by atoms with van der Waals surface area (Å²) in [5, 5.41) is 32.0. The maximum Gasteiger partial charge on any atom is 2.00 e. The monoisotopic (exact) mass is 1070 g/mol. The fraction of sp³-hybridized carbons (Fsp3) is 0.135. The van der Waals surface area contributed by atoms with Crippen LogP contribution in [0.3, 0.4) is 0 Å². The molecule has 4 N–H and O–H groups in total. The van der Waals surface area contributed by atoms with Crippen LogP contribution in [0.2, 0.25) is 0 Å². The number of rotatable bonds is 12. The van der Waals surface area contributed by atoms with Crippen LogP contribution in [0, 0.1) is 5.41 Å². The molecular weight excluding hydrogens is 1020 g/mol. The fourth-order valence-corrected chi connectivity index (χ4v) is 8.51. The molecule has 2 atom stereocenters. The minimum absolute atomic E-state index is 0. The number of hydrogen-bond donors (Lipinski definition) is 3. The maximum absolute atomic E-state index is 12.8. The van der Waals surface area contributed by atoms with Crippen LogP contribution in [0.25, 0.3) is 50.7 Å². The maximum atomic E-state index is 12.8. The van der Waals surface area contributed by atoms with Gasteiger partial charge in [0.1, 0.15) is 6.04 Å². The zero-order valence-electron chi connectivity index (χ0n) is 37.5. The third kappa shape index (κ3) is 13.7. The SMILES string of the molecule is CNC(/C=C(\[NH-])c1cc(C2SC=CC2(C)C)ccn1)C(F)(F)F.O=C(O)c1ccnc(-c2cc(C(=O)O)cc(-c3cc(-c4ccc(N(c5ccccc5)c5ccccc5)cc4)ccn3)n2)c1.[N-]=C=S.[Ru+2]. The molecule has 1 aliphatic rings. The van der Waals surface area contributed by atoms with Gasteiger partial charge in [0, 0.05) is 46.6 Å². The molecule has 2 unspecified atom stereocenters. The van der Waals surface area contributed by atoms with Crippen LogP contribution in [0.4, 0.5) is 30.2 Å². The summed E-state index contributed by atoms with van der Waals surface area (Å²) < 4.78 is 38.4. The van der Waals surface area contributed by atoms with E-state index >= 15 is 0 Å². The van der Waals surface area contributed by atoms with Crippen molar-refractivity contribution in [1.82, 2.24) is 25.3 Å². The molecule has 0 aliphatic carbocycles. The molecule has 0 amide bonds. The van der Waals surface area contributed by atoms with Crippen molar-refractivity contribution in [2.45, 2.75) is 31.3 Å². The summed E-state index contributed by atoms with van der Waals surface area (Å²) in [5.41, 5.74) is 15.0. The molecule has 0 saturated carbocycles. The molecule has 70 heavy (non-hydrogen) atoms. The zero-order chi connectivity index (χ0) is 49.7. The fourth-order valence-electron chi connectivity index (χ4n) is 7.19. The molecule has 8 rings (SSSR count). The van der Waals surface area contributed by atoms with E-state index in [4.69, 9.17) is 11.1 Å². The number of halogens is 3. The quantitative estimate of drug-likeness (QED) is 0.0598. The van der Waals surface area contributed by atoms with Crippen molar-refractivity contribution in [2.24, 2.45) is 5.41 Å². The Morgan fingerprint density at radius 3 is 1.80 bits per heavy atom. The van der Waals surface area contributed by atoms with Crippen molar-refractivity contribution in [1.29, 1.82) is 0 Å². The topological polar surface area (TPSA) is 188 Å². The van der Waals surface area contributed by atoms with Gasteiger partial charge in [-0.15, -0.1) is 17.5 Å². The van der Waals surface area contributed by atoms with E-state index in [2.05, 4.69) is 98.7 Å². The van der Waals surface area contributed by atoms with Crippen LogP contribution in [0.5, 0.6) is 0 Å². The molecule has 4 aromatic heterocycles. The molecule has 0 saturated heterocycles. The van der Waals surface area contributed by atoms with Crippen LogP contribution >= 0.6 is 24.0 Å². The smallest absolute Gasteiger partial charge is 0.753 e. The number of likely N-dealkylation sites (N-methyl/N-ethyl adjacent to an activating group) is 1. The normalized spacial score (nSPS) is 14.0. The van der Waals surface area contributed by atoms with Crippen LogP contribution in [0.15, 0.2) is 170 Å². The average Bonchev–Trinajstić information content (AvgIpc) is 3.72. The van der Waals surface area contributed by atoms with E-state index in [1.807, 2.05) is 72.1 Å². The summed E-state index contributed by atoms with van der Waals surface area (Å²) in [6.45, 7) is 4.21. The van der Waals surface area contributed by atoms with Gasteiger partial charge in [0.15, 0.2) is 0 Å². The second kappa shape index (κ2) is 24.4. The number of pyridine rings is 4. The summed E-state index contributed by atoms with van der Waals surface area (Å²) in [6, 6.07) is 39.4. The van der Waals surface area contributed by atoms with Crippen molar-refractivity contribution >= 4 is 63.8 Å². The van der Waals surface area contributed by atoms with Gasteiger partial charge in [-0.1, -0.05) is 86.7 Å². The number of carbonyl (C=O) groups is 2. The molecule has 12 nitrogen and oxygen atoms in total. The first-order valence-electron chi connectivity index (χ1n) is 20.9. The summed E-state index contributed by atoms with van der Waals surface area (Å²) in [4.78, 5) is 42.9. The Morgan fingerprint density at radius 1 is 0.771 bits per heavy atom. The summed E-state index contributed by atoms with van der Waals surface area (Å²) >= 11 is 5.36. The van der Waals surface area contributed by atoms with E-state index < -0.39 is 24.2 Å². The second-order valence-electron chi connectivity index (χ2n) is 15.7. The number of carboxylic acid groups (broad SMARTS) is 2. The Morgan fingerprint density at radius 2 is 1.29 bits per heavy atom. The number of aromatic nitrogens is 4. The number of isothiocyanates is 1. The Balaban J connectivity index is 0.000000286. The number of para-hydroxylation sites is 2. The van der Waals surface area contributed by atoms with Gasteiger partial charge in [-0.25, -0.2) is 14.6 Å². The largest absolute Gasteiger partial charge is 2.00 e. The van der Waals surface area contributed by atoms with Crippen molar-refractivity contribution in [2.75, 3.05) is 11.9 Å². The van der Waals surface area contributed by atoms with Gasteiger partial charge < -0.3 is 31.6 Å². The van der Waals surface area contributed by atoms with Gasteiger partial charge in [-0.05, 0) is 119 Å². The van der Waals surface area contributed by atoms with E-state index in [1.54, 1.807) is 30.2 Å². The van der Waals surface area contributed by atoms with Gasteiger partial charge in [-0.3, -0.25) is 15.0 Å². The van der Waals surface area contributed by atoms with Crippen molar-refractivity contribution in [3.8, 4) is 33.9 Å². The zero-order valence-corrected chi connectivity index (χ0v) is 40.9. The third-order valence-corrected chi connectivity index (χ3v) is 12.0. The standard InChI is InChI=1S/C35H24N4O4.C16H19F3N3S.CNS.Ru/c40-34(41)25-16-18-37-31(20-25)33-22-26(35(42)43)21-32(38-33)30-19-24(15-17-36-30)23-11-13-29(14-12-23)39(27-7-3-1-4-8-27)28-9-5-2-6-10-28;1-15(2)5-7-23-14(15)10-4-6-22-12(8-10)11(20)9-13(21-3)16(17,18)19;2-1-3;/h1-22H,(H,40,41)(H,42,43);4-9,13-14,20-21H,1-3H3;;/q;2*-1;+2/b;11-9-;;. The van der Waals surface area contributed by atoms with E-state index in [0.717, 1.165) is 39.8 Å². The molecule has 0 radical (unpaired) electrons. The molecule has 3 aromatic carbocycles. The molecule has 0 bridgehead atoms. The number of allylic oxidation sites excluding steroid dienone is 1. The van der Waals surface area contributed by atoms with E-state index in [-0.39, 0.29) is 64.0 Å².